The molecule has 0 bridgehead atoms. The molecular formula is C11H6Br3NO4S2. The number of rotatable bonds is 4. The first-order valence-electron chi connectivity index (χ1n) is 5.21. The number of halogens is 3. The molecule has 21 heavy (non-hydrogen) atoms. The molecule has 1 aromatic carbocycles. The van der Waals surface area contributed by atoms with Gasteiger partial charge < -0.3 is 5.11 Å². The number of hydrogen-bond acceptors (Lipinski definition) is 4. The average Bonchev–Trinajstić information content (AvgIpc) is 2.71. The summed E-state index contributed by atoms with van der Waals surface area (Å²) in [6.07, 6.45) is 0. The quantitative estimate of drug-likeness (QED) is 0.621. The number of hydrogen-bond donors (Lipinski definition) is 2. The van der Waals surface area contributed by atoms with E-state index in [0.717, 1.165) is 0 Å². The smallest absolute Gasteiger partial charge is 0.337 e. The molecule has 0 amide bonds. The van der Waals surface area contributed by atoms with Gasteiger partial charge in [-0.05, 0) is 56.1 Å². The van der Waals surface area contributed by atoms with Crippen molar-refractivity contribution in [3.63, 3.8) is 0 Å². The highest BCUT2D eigenvalue weighted by Crippen LogP contribution is 2.36. The minimum atomic E-state index is -3.89. The van der Waals surface area contributed by atoms with E-state index in [0.29, 0.717) is 12.0 Å². The second-order valence-electron chi connectivity index (χ2n) is 3.79. The second kappa shape index (κ2) is 6.37. The molecule has 2 N–H and O–H groups in total. The molecule has 112 valence electrons. The first kappa shape index (κ1) is 16.9. The summed E-state index contributed by atoms with van der Waals surface area (Å²) in [5.41, 5.74) is -0.140. The zero-order chi connectivity index (χ0) is 15.8. The monoisotopic (exact) mass is 517 g/mol. The fraction of sp³-hybridized carbons (Fsp3) is 0. The Morgan fingerprint density at radius 2 is 1.86 bits per heavy atom. The van der Waals surface area contributed by atoms with Gasteiger partial charge in [0.1, 0.15) is 4.90 Å². The highest BCUT2D eigenvalue weighted by Gasteiger charge is 2.23. The fourth-order valence-corrected chi connectivity index (χ4v) is 6.74. The number of carbonyl (C=O) groups is 1. The van der Waals surface area contributed by atoms with Crippen LogP contribution in [0.1, 0.15) is 10.4 Å². The maximum atomic E-state index is 12.3. The molecule has 0 saturated heterocycles. The van der Waals surface area contributed by atoms with E-state index < -0.39 is 16.0 Å². The van der Waals surface area contributed by atoms with Gasteiger partial charge in [0.05, 0.1) is 18.8 Å². The van der Waals surface area contributed by atoms with E-state index in [4.69, 9.17) is 5.11 Å². The number of nitrogens with one attached hydrogen (secondary N) is 1. The number of sulfonamides is 1. The number of anilines is 1. The Morgan fingerprint density at radius 1 is 1.19 bits per heavy atom. The van der Waals surface area contributed by atoms with E-state index in [1.54, 1.807) is 6.07 Å². The van der Waals surface area contributed by atoms with E-state index in [1.165, 1.54) is 29.5 Å². The molecule has 10 heteroatoms. The molecule has 1 aromatic heterocycles. The molecule has 0 atom stereocenters. The molecule has 0 spiro atoms. The molecule has 0 aliphatic carbocycles. The SMILES string of the molecule is O=C(O)c1cc(Br)ccc1NS(=O)(=O)c1cc(Br)sc1Br. The maximum absolute atomic E-state index is 12.3. The van der Waals surface area contributed by atoms with Crippen LogP contribution < -0.4 is 4.72 Å². The second-order valence-corrected chi connectivity index (χ2v) is 10.1. The molecule has 0 aliphatic rings. The Labute approximate surface area is 149 Å². The van der Waals surface area contributed by atoms with E-state index in [1.807, 2.05) is 0 Å². The van der Waals surface area contributed by atoms with Crippen molar-refractivity contribution >= 4 is 80.8 Å². The molecule has 2 rings (SSSR count). The summed E-state index contributed by atoms with van der Waals surface area (Å²) in [6, 6.07) is 5.72. The summed E-state index contributed by atoms with van der Waals surface area (Å²) in [6.45, 7) is 0. The van der Waals surface area contributed by atoms with Crippen molar-refractivity contribution in [1.82, 2.24) is 0 Å². The van der Waals surface area contributed by atoms with Crippen LogP contribution in [0.25, 0.3) is 0 Å². The fourth-order valence-electron chi connectivity index (χ4n) is 1.49. The van der Waals surface area contributed by atoms with Gasteiger partial charge in [-0.3, -0.25) is 4.72 Å². The molecular weight excluding hydrogens is 514 g/mol. The Bertz CT molecular complexity index is 817. The molecule has 0 radical (unpaired) electrons. The van der Waals surface area contributed by atoms with Crippen molar-refractivity contribution in [3.05, 3.63) is 41.9 Å². The van der Waals surface area contributed by atoms with Gasteiger partial charge in [0.25, 0.3) is 10.0 Å². The lowest BCUT2D eigenvalue weighted by atomic mass is 10.2. The number of carboxylic acids is 1. The number of carboxylic acid groups (broad SMARTS) is 1. The molecule has 0 unspecified atom stereocenters. The van der Waals surface area contributed by atoms with Crippen molar-refractivity contribution in [2.24, 2.45) is 0 Å². The first-order chi connectivity index (χ1) is 9.70. The maximum Gasteiger partial charge on any atom is 0.337 e. The van der Waals surface area contributed by atoms with Gasteiger partial charge in [-0.15, -0.1) is 11.3 Å². The summed E-state index contributed by atoms with van der Waals surface area (Å²) < 4.78 is 28.6. The minimum absolute atomic E-state index is 0.0000718. The predicted molar refractivity (Wildman–Crippen MR) is 91.6 cm³/mol. The first-order valence-corrected chi connectivity index (χ1v) is 9.89. The molecule has 0 aliphatic heterocycles. The highest BCUT2D eigenvalue weighted by molar-refractivity contribution is 9.12. The third kappa shape index (κ3) is 3.86. The van der Waals surface area contributed by atoms with Crippen molar-refractivity contribution < 1.29 is 18.3 Å². The lowest BCUT2D eigenvalue weighted by Crippen LogP contribution is -2.15. The van der Waals surface area contributed by atoms with Crippen molar-refractivity contribution in [1.29, 1.82) is 0 Å². The largest absolute Gasteiger partial charge is 0.478 e. The zero-order valence-electron chi connectivity index (χ0n) is 9.93. The summed E-state index contributed by atoms with van der Waals surface area (Å²) in [5.74, 6) is -1.22. The van der Waals surface area contributed by atoms with E-state index in [9.17, 15) is 13.2 Å². The summed E-state index contributed by atoms with van der Waals surface area (Å²) in [7, 11) is -3.89. The lowest BCUT2D eigenvalue weighted by Gasteiger charge is -2.10. The predicted octanol–water partition coefficient (Wildman–Crippen LogP) is 4.53. The number of benzene rings is 1. The molecule has 0 fully saturated rings. The van der Waals surface area contributed by atoms with Crippen LogP contribution in [0.3, 0.4) is 0 Å². The van der Waals surface area contributed by atoms with Gasteiger partial charge >= 0.3 is 5.97 Å². The van der Waals surface area contributed by atoms with Gasteiger partial charge in [0.2, 0.25) is 0 Å². The molecule has 5 nitrogen and oxygen atoms in total. The van der Waals surface area contributed by atoms with Gasteiger partial charge in [0.15, 0.2) is 0 Å². The molecule has 2 aromatic rings. The van der Waals surface area contributed by atoms with E-state index in [-0.39, 0.29) is 16.1 Å². The van der Waals surface area contributed by atoms with Crippen molar-refractivity contribution in [3.8, 4) is 0 Å². The standard InChI is InChI=1S/C11H6Br3NO4S2/c12-5-1-2-7(6(3-5)11(16)17)15-21(18,19)8-4-9(13)20-10(8)14/h1-4,15H,(H,16,17). The van der Waals surface area contributed by atoms with E-state index >= 15 is 0 Å². The molecule has 1 heterocycles. The number of thiophene rings is 1. The highest BCUT2D eigenvalue weighted by atomic mass is 79.9. The van der Waals surface area contributed by atoms with Crippen LogP contribution in [-0.4, -0.2) is 19.5 Å². The van der Waals surface area contributed by atoms with Gasteiger partial charge in [-0.1, -0.05) is 15.9 Å². The van der Waals surface area contributed by atoms with Crippen LogP contribution in [0.15, 0.2) is 41.2 Å². The third-order valence-corrected chi connectivity index (χ3v) is 6.99. The third-order valence-electron chi connectivity index (χ3n) is 2.37. The normalized spacial score (nSPS) is 11.4. The van der Waals surface area contributed by atoms with Crippen molar-refractivity contribution in [2.45, 2.75) is 4.90 Å². The summed E-state index contributed by atoms with van der Waals surface area (Å²) >= 11 is 10.7. The molecule has 0 saturated carbocycles. The Morgan fingerprint density at radius 3 is 2.38 bits per heavy atom. The Kier molecular flexibility index (Phi) is 5.14. The van der Waals surface area contributed by atoms with Crippen LogP contribution in [0, 0.1) is 0 Å². The number of aromatic carboxylic acids is 1. The van der Waals surface area contributed by atoms with Gasteiger partial charge in [0, 0.05) is 4.47 Å². The Hall–Kier alpha value is -0.420. The van der Waals surface area contributed by atoms with E-state index in [2.05, 4.69) is 52.5 Å². The topological polar surface area (TPSA) is 83.5 Å². The van der Waals surface area contributed by atoms with Crippen LogP contribution >= 0.6 is 59.1 Å². The van der Waals surface area contributed by atoms with Crippen LogP contribution in [-0.2, 0) is 10.0 Å². The van der Waals surface area contributed by atoms with Gasteiger partial charge in [-0.2, -0.15) is 0 Å². The zero-order valence-corrected chi connectivity index (χ0v) is 16.3. The van der Waals surface area contributed by atoms with Crippen LogP contribution in [0.4, 0.5) is 5.69 Å². The van der Waals surface area contributed by atoms with Crippen LogP contribution in [0.2, 0.25) is 0 Å². The summed E-state index contributed by atoms with van der Waals surface area (Å²) in [5, 5.41) is 9.15. The Balaban J connectivity index is 2.47. The summed E-state index contributed by atoms with van der Waals surface area (Å²) in [4.78, 5) is 11.2. The minimum Gasteiger partial charge on any atom is -0.478 e. The van der Waals surface area contributed by atoms with Crippen molar-refractivity contribution in [2.75, 3.05) is 4.72 Å². The average molecular weight is 520 g/mol. The van der Waals surface area contributed by atoms with Crippen LogP contribution in [0.5, 0.6) is 0 Å². The lowest BCUT2D eigenvalue weighted by molar-refractivity contribution is 0.0698. The van der Waals surface area contributed by atoms with Gasteiger partial charge in [-0.25, -0.2) is 13.2 Å².